The predicted molar refractivity (Wildman–Crippen MR) is 31.8 cm³/mol. The highest BCUT2D eigenvalue weighted by molar-refractivity contribution is 5.39. The van der Waals surface area contributed by atoms with E-state index in [9.17, 15) is 0 Å². The number of nitrogens with one attached hydrogen (secondary N) is 1. The summed E-state index contributed by atoms with van der Waals surface area (Å²) >= 11 is 0. The van der Waals surface area contributed by atoms with E-state index in [2.05, 4.69) is 4.98 Å². The Morgan fingerprint density at radius 3 is 2.75 bits per heavy atom. The number of aromatic nitrogens is 1. The van der Waals surface area contributed by atoms with Crippen molar-refractivity contribution >= 4 is 5.69 Å². The summed E-state index contributed by atoms with van der Waals surface area (Å²) in [5.41, 5.74) is 6.04. The van der Waals surface area contributed by atoms with Gasteiger partial charge in [-0.2, -0.15) is 0 Å². The molecule has 0 aliphatic heterocycles. The standard InChI is InChI=1S/C5H8N2O/c1-8-5-2-4(6)3-7-5/h2-3,7H,6H2,1H3. The van der Waals surface area contributed by atoms with Crippen LogP contribution < -0.4 is 10.5 Å². The Labute approximate surface area is 47.5 Å². The van der Waals surface area contributed by atoms with Crippen molar-refractivity contribution in [3.8, 4) is 5.88 Å². The van der Waals surface area contributed by atoms with E-state index in [0.717, 1.165) is 0 Å². The van der Waals surface area contributed by atoms with Gasteiger partial charge in [-0.1, -0.05) is 0 Å². The van der Waals surface area contributed by atoms with Crippen LogP contribution in [0.4, 0.5) is 5.69 Å². The first-order valence-electron chi connectivity index (χ1n) is 2.31. The second kappa shape index (κ2) is 1.78. The average molecular weight is 112 g/mol. The van der Waals surface area contributed by atoms with E-state index in [-0.39, 0.29) is 0 Å². The Balaban J connectivity index is 2.84. The maximum Gasteiger partial charge on any atom is 0.192 e. The van der Waals surface area contributed by atoms with Gasteiger partial charge in [0, 0.05) is 12.3 Å². The second-order valence-electron chi connectivity index (χ2n) is 1.50. The minimum atomic E-state index is 0.696. The largest absolute Gasteiger partial charge is 0.482 e. The molecule has 0 aliphatic rings. The Hall–Kier alpha value is -1.12. The van der Waals surface area contributed by atoms with Gasteiger partial charge in [0.15, 0.2) is 5.88 Å². The number of nitrogens with two attached hydrogens (primary N) is 1. The Kier molecular flexibility index (Phi) is 1.12. The zero-order valence-electron chi connectivity index (χ0n) is 4.64. The molecule has 0 saturated heterocycles. The first kappa shape index (κ1) is 5.03. The fraction of sp³-hybridized carbons (Fsp3) is 0.200. The molecule has 0 amide bonds. The van der Waals surface area contributed by atoms with Gasteiger partial charge in [-0.05, 0) is 0 Å². The molecule has 0 aliphatic carbocycles. The van der Waals surface area contributed by atoms with Crippen LogP contribution in [0.2, 0.25) is 0 Å². The first-order chi connectivity index (χ1) is 3.83. The van der Waals surface area contributed by atoms with E-state index < -0.39 is 0 Å². The second-order valence-corrected chi connectivity index (χ2v) is 1.50. The van der Waals surface area contributed by atoms with Gasteiger partial charge in [0.1, 0.15) is 0 Å². The van der Waals surface area contributed by atoms with Gasteiger partial charge in [-0.15, -0.1) is 0 Å². The van der Waals surface area contributed by atoms with E-state index in [1.54, 1.807) is 19.4 Å². The molecule has 0 fully saturated rings. The van der Waals surface area contributed by atoms with Crippen molar-refractivity contribution in [3.05, 3.63) is 12.3 Å². The number of hydrogen-bond acceptors (Lipinski definition) is 2. The number of aromatic amines is 1. The summed E-state index contributed by atoms with van der Waals surface area (Å²) in [4.78, 5) is 2.81. The van der Waals surface area contributed by atoms with E-state index in [0.29, 0.717) is 11.6 Å². The van der Waals surface area contributed by atoms with E-state index in [1.807, 2.05) is 0 Å². The smallest absolute Gasteiger partial charge is 0.192 e. The van der Waals surface area contributed by atoms with E-state index >= 15 is 0 Å². The van der Waals surface area contributed by atoms with E-state index in [4.69, 9.17) is 10.5 Å². The monoisotopic (exact) mass is 112 g/mol. The Morgan fingerprint density at radius 2 is 2.50 bits per heavy atom. The highest BCUT2D eigenvalue weighted by Gasteiger charge is 1.89. The molecule has 3 heteroatoms. The lowest BCUT2D eigenvalue weighted by Crippen LogP contribution is -1.79. The third-order valence-corrected chi connectivity index (χ3v) is 0.899. The van der Waals surface area contributed by atoms with Crippen LogP contribution in [0.25, 0.3) is 0 Å². The van der Waals surface area contributed by atoms with Crippen molar-refractivity contribution in [1.82, 2.24) is 4.98 Å². The molecule has 0 unspecified atom stereocenters. The zero-order valence-corrected chi connectivity index (χ0v) is 4.64. The van der Waals surface area contributed by atoms with Crippen LogP contribution in [0.3, 0.4) is 0 Å². The molecule has 3 nitrogen and oxygen atoms in total. The van der Waals surface area contributed by atoms with E-state index in [1.165, 1.54) is 0 Å². The number of methoxy groups -OCH3 is 1. The summed E-state index contributed by atoms with van der Waals surface area (Å²) in [5, 5.41) is 0. The Bertz CT molecular complexity index is 171. The first-order valence-corrected chi connectivity index (χ1v) is 2.31. The molecule has 8 heavy (non-hydrogen) atoms. The van der Waals surface area contributed by atoms with Crippen molar-refractivity contribution in [1.29, 1.82) is 0 Å². The lowest BCUT2D eigenvalue weighted by Gasteiger charge is -1.88. The van der Waals surface area contributed by atoms with Crippen LogP contribution in [0.15, 0.2) is 12.3 Å². The summed E-state index contributed by atoms with van der Waals surface area (Å²) in [6.45, 7) is 0. The lowest BCUT2D eigenvalue weighted by atomic mass is 10.5. The van der Waals surface area contributed by atoms with Crippen LogP contribution in [-0.4, -0.2) is 12.1 Å². The van der Waals surface area contributed by atoms with Crippen LogP contribution in [0, 0.1) is 0 Å². The molecule has 0 spiro atoms. The maximum atomic E-state index is 5.34. The van der Waals surface area contributed by atoms with Crippen LogP contribution in [0.1, 0.15) is 0 Å². The highest BCUT2D eigenvalue weighted by Crippen LogP contribution is 2.10. The summed E-state index contributed by atoms with van der Waals surface area (Å²) < 4.78 is 4.80. The molecular weight excluding hydrogens is 104 g/mol. The topological polar surface area (TPSA) is 51.0 Å². The third kappa shape index (κ3) is 0.753. The van der Waals surface area contributed by atoms with Gasteiger partial charge < -0.3 is 15.5 Å². The van der Waals surface area contributed by atoms with Crippen molar-refractivity contribution in [2.45, 2.75) is 0 Å². The molecule has 3 N–H and O–H groups in total. The summed E-state index contributed by atoms with van der Waals surface area (Å²) in [6.07, 6.45) is 1.68. The average Bonchev–Trinajstić information content (AvgIpc) is 2.14. The number of H-pyrrole nitrogens is 1. The number of anilines is 1. The van der Waals surface area contributed by atoms with Crippen molar-refractivity contribution in [3.63, 3.8) is 0 Å². The lowest BCUT2D eigenvalue weighted by molar-refractivity contribution is 0.400. The molecule has 0 bridgehead atoms. The number of rotatable bonds is 1. The maximum absolute atomic E-state index is 5.34. The summed E-state index contributed by atoms with van der Waals surface area (Å²) in [6, 6.07) is 1.72. The van der Waals surface area contributed by atoms with Gasteiger partial charge in [-0.25, -0.2) is 0 Å². The minimum Gasteiger partial charge on any atom is -0.482 e. The summed E-state index contributed by atoms with van der Waals surface area (Å²) in [7, 11) is 1.59. The molecular formula is C5H8N2O. The van der Waals surface area contributed by atoms with Crippen LogP contribution in [-0.2, 0) is 0 Å². The fourth-order valence-electron chi connectivity index (χ4n) is 0.507. The number of hydrogen-bond donors (Lipinski definition) is 2. The minimum absolute atomic E-state index is 0.696. The number of ether oxygens (including phenoxy) is 1. The van der Waals surface area contributed by atoms with Crippen LogP contribution >= 0.6 is 0 Å². The normalized spacial score (nSPS) is 9.12. The zero-order chi connectivity index (χ0) is 5.98. The van der Waals surface area contributed by atoms with Crippen molar-refractivity contribution in [2.24, 2.45) is 0 Å². The third-order valence-electron chi connectivity index (χ3n) is 0.899. The molecule has 1 aromatic heterocycles. The molecule has 0 saturated carbocycles. The highest BCUT2D eigenvalue weighted by atomic mass is 16.5. The predicted octanol–water partition coefficient (Wildman–Crippen LogP) is 0.606. The Morgan fingerprint density at radius 1 is 1.75 bits per heavy atom. The molecule has 0 aromatic carbocycles. The van der Waals surface area contributed by atoms with Gasteiger partial charge in [0.2, 0.25) is 0 Å². The molecule has 1 aromatic rings. The van der Waals surface area contributed by atoms with Crippen molar-refractivity contribution in [2.75, 3.05) is 12.8 Å². The molecule has 44 valence electrons. The van der Waals surface area contributed by atoms with Gasteiger partial charge in [0.25, 0.3) is 0 Å². The quantitative estimate of drug-likeness (QED) is 0.559. The summed E-state index contributed by atoms with van der Waals surface area (Å²) in [5.74, 6) is 0.697. The molecule has 1 rings (SSSR count). The SMILES string of the molecule is COc1cc(N)c[nH]1. The van der Waals surface area contributed by atoms with Gasteiger partial charge >= 0.3 is 0 Å². The van der Waals surface area contributed by atoms with Gasteiger partial charge in [0.05, 0.1) is 12.8 Å². The fourth-order valence-corrected chi connectivity index (χ4v) is 0.507. The molecule has 0 atom stereocenters. The number of nitrogen functional groups attached to an aromatic ring is 1. The molecule has 1 heterocycles. The van der Waals surface area contributed by atoms with Crippen molar-refractivity contribution < 1.29 is 4.74 Å². The molecule has 0 radical (unpaired) electrons. The van der Waals surface area contributed by atoms with Crippen LogP contribution in [0.5, 0.6) is 5.88 Å². The van der Waals surface area contributed by atoms with Gasteiger partial charge in [-0.3, -0.25) is 0 Å².